The largest absolute Gasteiger partial charge is 0.337 e. The van der Waals surface area contributed by atoms with Gasteiger partial charge in [0.05, 0.1) is 22.3 Å². The number of urea groups is 1. The zero-order valence-corrected chi connectivity index (χ0v) is 11.1. The standard InChI is InChI=1S/C14H11ClN4O/c15-12-3-1-2-4-13(12)18-19-14(20)17-11-7-5-10(9-16)6-8-11/h1-8,18H,(H2,17,19,20). The molecule has 2 aromatic rings. The molecule has 2 rings (SSSR count). The molecular formula is C14H11ClN4O. The monoisotopic (exact) mass is 286 g/mol. The molecule has 0 aliphatic heterocycles. The van der Waals surface area contributed by atoms with Gasteiger partial charge in [0.2, 0.25) is 0 Å². The number of carbonyl (C=O) groups excluding carboxylic acids is 1. The highest BCUT2D eigenvalue weighted by Gasteiger charge is 2.03. The van der Waals surface area contributed by atoms with Gasteiger partial charge in [0.25, 0.3) is 0 Å². The fourth-order valence-electron chi connectivity index (χ4n) is 1.48. The van der Waals surface area contributed by atoms with Crippen LogP contribution in [0.3, 0.4) is 0 Å². The molecule has 0 fully saturated rings. The maximum atomic E-state index is 11.7. The van der Waals surface area contributed by atoms with Crippen LogP contribution in [0.5, 0.6) is 0 Å². The van der Waals surface area contributed by atoms with Gasteiger partial charge < -0.3 is 5.32 Å². The van der Waals surface area contributed by atoms with E-state index in [1.807, 2.05) is 6.07 Å². The van der Waals surface area contributed by atoms with Crippen molar-refractivity contribution >= 4 is 29.0 Å². The van der Waals surface area contributed by atoms with Gasteiger partial charge in [0.15, 0.2) is 0 Å². The molecule has 2 amide bonds. The number of nitrogens with zero attached hydrogens (tertiary/aromatic N) is 1. The first-order valence-corrected chi connectivity index (χ1v) is 6.14. The maximum absolute atomic E-state index is 11.7. The molecule has 0 unspecified atom stereocenters. The third-order valence-corrected chi connectivity index (χ3v) is 2.79. The lowest BCUT2D eigenvalue weighted by atomic mass is 10.2. The Morgan fingerprint density at radius 2 is 1.80 bits per heavy atom. The summed E-state index contributed by atoms with van der Waals surface area (Å²) >= 11 is 5.94. The number of halogens is 1. The van der Waals surface area contributed by atoms with E-state index in [9.17, 15) is 4.79 Å². The van der Waals surface area contributed by atoms with Crippen molar-refractivity contribution in [2.75, 3.05) is 10.7 Å². The number of carbonyl (C=O) groups is 1. The molecule has 20 heavy (non-hydrogen) atoms. The summed E-state index contributed by atoms with van der Waals surface area (Å²) in [5, 5.41) is 11.8. The number of nitrogens with one attached hydrogen (secondary N) is 3. The number of nitriles is 1. The second-order valence-electron chi connectivity index (χ2n) is 3.87. The van der Waals surface area contributed by atoms with Crippen molar-refractivity contribution in [3.05, 3.63) is 59.1 Å². The smallest absolute Gasteiger partial charge is 0.307 e. The minimum absolute atomic E-state index is 0.436. The van der Waals surface area contributed by atoms with Gasteiger partial charge >= 0.3 is 6.03 Å². The van der Waals surface area contributed by atoms with Crippen LogP contribution in [0.25, 0.3) is 0 Å². The van der Waals surface area contributed by atoms with Crippen molar-refractivity contribution in [3.63, 3.8) is 0 Å². The molecule has 0 aliphatic rings. The Morgan fingerprint density at radius 1 is 1.10 bits per heavy atom. The average Bonchev–Trinajstić information content (AvgIpc) is 2.47. The van der Waals surface area contributed by atoms with Gasteiger partial charge in [-0.1, -0.05) is 23.7 Å². The molecule has 100 valence electrons. The summed E-state index contributed by atoms with van der Waals surface area (Å²) in [5.41, 5.74) is 6.90. The second kappa shape index (κ2) is 6.45. The molecule has 0 aliphatic carbocycles. The number of para-hydroxylation sites is 1. The molecule has 3 N–H and O–H groups in total. The molecule has 0 saturated heterocycles. The Labute approximate surface area is 121 Å². The van der Waals surface area contributed by atoms with Crippen LogP contribution in [0.15, 0.2) is 48.5 Å². The zero-order chi connectivity index (χ0) is 14.4. The number of hydrogen-bond donors (Lipinski definition) is 3. The highest BCUT2D eigenvalue weighted by Crippen LogP contribution is 2.19. The van der Waals surface area contributed by atoms with E-state index in [0.29, 0.717) is 22.0 Å². The van der Waals surface area contributed by atoms with Crippen LogP contribution in [0.4, 0.5) is 16.2 Å². The fourth-order valence-corrected chi connectivity index (χ4v) is 1.66. The van der Waals surface area contributed by atoms with Gasteiger partial charge in [-0.2, -0.15) is 5.26 Å². The molecule has 0 spiro atoms. The Bertz CT molecular complexity index is 649. The van der Waals surface area contributed by atoms with Crippen molar-refractivity contribution in [1.82, 2.24) is 5.43 Å². The minimum Gasteiger partial charge on any atom is -0.307 e. The van der Waals surface area contributed by atoms with Crippen LogP contribution in [0.2, 0.25) is 5.02 Å². The number of rotatable bonds is 3. The Morgan fingerprint density at radius 3 is 2.45 bits per heavy atom. The number of hydrazine groups is 1. The van der Waals surface area contributed by atoms with E-state index >= 15 is 0 Å². The first-order chi connectivity index (χ1) is 9.69. The zero-order valence-electron chi connectivity index (χ0n) is 10.4. The van der Waals surface area contributed by atoms with E-state index in [0.717, 1.165) is 0 Å². The van der Waals surface area contributed by atoms with Crippen LogP contribution < -0.4 is 16.2 Å². The predicted octanol–water partition coefficient (Wildman–Crippen LogP) is 3.36. The van der Waals surface area contributed by atoms with Gasteiger partial charge in [0, 0.05) is 5.69 Å². The highest BCUT2D eigenvalue weighted by molar-refractivity contribution is 6.33. The van der Waals surface area contributed by atoms with Gasteiger partial charge in [-0.3, -0.25) is 10.9 Å². The lowest BCUT2D eigenvalue weighted by Crippen LogP contribution is -2.33. The van der Waals surface area contributed by atoms with E-state index in [-0.39, 0.29) is 0 Å². The van der Waals surface area contributed by atoms with E-state index in [2.05, 4.69) is 16.2 Å². The third kappa shape index (κ3) is 3.64. The molecule has 0 aromatic heterocycles. The molecule has 6 heteroatoms. The van der Waals surface area contributed by atoms with Crippen molar-refractivity contribution < 1.29 is 4.79 Å². The fraction of sp³-hybridized carbons (Fsp3) is 0. The van der Waals surface area contributed by atoms with Crippen LogP contribution in [-0.2, 0) is 0 Å². The summed E-state index contributed by atoms with van der Waals surface area (Å²) in [6, 6.07) is 15.2. The maximum Gasteiger partial charge on any atom is 0.337 e. The molecule has 2 aromatic carbocycles. The van der Waals surface area contributed by atoms with E-state index in [1.165, 1.54) is 0 Å². The molecule has 0 heterocycles. The minimum atomic E-state index is -0.436. The Hall–Kier alpha value is -2.71. The second-order valence-corrected chi connectivity index (χ2v) is 4.28. The molecule has 0 saturated carbocycles. The van der Waals surface area contributed by atoms with Gasteiger partial charge in [0.1, 0.15) is 0 Å². The van der Waals surface area contributed by atoms with Crippen LogP contribution in [0.1, 0.15) is 5.56 Å². The number of hydrogen-bond acceptors (Lipinski definition) is 3. The van der Waals surface area contributed by atoms with Crippen LogP contribution in [-0.4, -0.2) is 6.03 Å². The number of amides is 2. The molecule has 5 nitrogen and oxygen atoms in total. The van der Waals surface area contributed by atoms with Crippen molar-refractivity contribution in [2.24, 2.45) is 0 Å². The normalized spacial score (nSPS) is 9.40. The molecular weight excluding hydrogens is 276 g/mol. The highest BCUT2D eigenvalue weighted by atomic mass is 35.5. The van der Waals surface area contributed by atoms with Crippen LogP contribution in [0, 0.1) is 11.3 Å². The van der Waals surface area contributed by atoms with E-state index in [4.69, 9.17) is 16.9 Å². The first kappa shape index (κ1) is 13.7. The van der Waals surface area contributed by atoms with Crippen LogP contribution >= 0.6 is 11.6 Å². The Kier molecular flexibility index (Phi) is 4.43. The SMILES string of the molecule is N#Cc1ccc(NC(=O)NNc2ccccc2Cl)cc1. The summed E-state index contributed by atoms with van der Waals surface area (Å²) in [7, 11) is 0. The lowest BCUT2D eigenvalue weighted by molar-refractivity contribution is 0.254. The van der Waals surface area contributed by atoms with Gasteiger partial charge in [-0.25, -0.2) is 4.79 Å². The number of anilines is 2. The van der Waals surface area contributed by atoms with Crippen molar-refractivity contribution in [2.45, 2.75) is 0 Å². The summed E-state index contributed by atoms with van der Waals surface area (Å²) in [4.78, 5) is 11.7. The topological polar surface area (TPSA) is 77.0 Å². The lowest BCUT2D eigenvalue weighted by Gasteiger charge is -2.10. The van der Waals surface area contributed by atoms with Gasteiger partial charge in [-0.15, -0.1) is 0 Å². The number of benzene rings is 2. The molecule has 0 bridgehead atoms. The first-order valence-electron chi connectivity index (χ1n) is 5.77. The van der Waals surface area contributed by atoms with Crippen molar-refractivity contribution in [3.8, 4) is 6.07 Å². The quantitative estimate of drug-likeness (QED) is 0.757. The average molecular weight is 287 g/mol. The summed E-state index contributed by atoms with van der Waals surface area (Å²) < 4.78 is 0. The Balaban J connectivity index is 1.89. The van der Waals surface area contributed by atoms with Crippen molar-refractivity contribution in [1.29, 1.82) is 5.26 Å². The molecule has 0 atom stereocenters. The predicted molar refractivity (Wildman–Crippen MR) is 78.4 cm³/mol. The summed E-state index contributed by atoms with van der Waals surface area (Å²) in [6.45, 7) is 0. The molecule has 0 radical (unpaired) electrons. The third-order valence-electron chi connectivity index (χ3n) is 2.46. The summed E-state index contributed by atoms with van der Waals surface area (Å²) in [5.74, 6) is 0. The summed E-state index contributed by atoms with van der Waals surface area (Å²) in [6.07, 6.45) is 0. The van der Waals surface area contributed by atoms with E-state index in [1.54, 1.807) is 48.5 Å². The van der Waals surface area contributed by atoms with E-state index < -0.39 is 6.03 Å². The van der Waals surface area contributed by atoms with Gasteiger partial charge in [-0.05, 0) is 36.4 Å².